The smallest absolute Gasteiger partial charge is 0.254 e. The van der Waals surface area contributed by atoms with Gasteiger partial charge in [0.2, 0.25) is 5.91 Å². The Kier molecular flexibility index (Phi) is 4.93. The molecule has 2 rings (SSSR count). The van der Waals surface area contributed by atoms with Gasteiger partial charge in [0.15, 0.2) is 0 Å². The summed E-state index contributed by atoms with van der Waals surface area (Å²) in [4.78, 5) is 23.8. The molecule has 2 aromatic rings. The first-order valence-corrected chi connectivity index (χ1v) is 7.67. The lowest BCUT2D eigenvalue weighted by Gasteiger charge is -2.11. The monoisotopic (exact) mass is 317 g/mol. The van der Waals surface area contributed by atoms with E-state index in [0.717, 1.165) is 29.6 Å². The van der Waals surface area contributed by atoms with Gasteiger partial charge in [-0.05, 0) is 38.5 Å². The molecule has 0 bridgehead atoms. The molecular formula is C17H23N3O3. The van der Waals surface area contributed by atoms with Gasteiger partial charge in [-0.2, -0.15) is 0 Å². The number of hydrogen-bond donors (Lipinski definition) is 2. The summed E-state index contributed by atoms with van der Waals surface area (Å²) in [5, 5.41) is 3.46. The van der Waals surface area contributed by atoms with Crippen molar-refractivity contribution in [3.63, 3.8) is 0 Å². The summed E-state index contributed by atoms with van der Waals surface area (Å²) in [7, 11) is 1.59. The van der Waals surface area contributed by atoms with Crippen LogP contribution in [-0.2, 0) is 11.3 Å². The third kappa shape index (κ3) is 3.16. The third-order valence-electron chi connectivity index (χ3n) is 3.98. The zero-order valence-electron chi connectivity index (χ0n) is 14.0. The Morgan fingerprint density at radius 2 is 2.09 bits per heavy atom. The highest BCUT2D eigenvalue weighted by molar-refractivity contribution is 6.09. The molecule has 0 unspecified atom stereocenters. The van der Waals surface area contributed by atoms with Crippen molar-refractivity contribution in [1.82, 2.24) is 9.88 Å². The van der Waals surface area contributed by atoms with Crippen molar-refractivity contribution in [2.24, 2.45) is 5.73 Å². The van der Waals surface area contributed by atoms with Gasteiger partial charge < -0.3 is 20.4 Å². The minimum atomic E-state index is -0.725. The lowest BCUT2D eigenvalue weighted by Crippen LogP contribution is -2.42. The first-order chi connectivity index (χ1) is 10.9. The van der Waals surface area contributed by atoms with Crippen LogP contribution in [0.5, 0.6) is 5.75 Å². The number of carbonyl (C=O) groups is 2. The van der Waals surface area contributed by atoms with Crippen molar-refractivity contribution in [3.05, 3.63) is 29.5 Å². The lowest BCUT2D eigenvalue weighted by atomic mass is 10.1. The maximum absolute atomic E-state index is 12.6. The third-order valence-corrected chi connectivity index (χ3v) is 3.98. The molecule has 1 aromatic carbocycles. The molecule has 124 valence electrons. The first kappa shape index (κ1) is 16.9. The van der Waals surface area contributed by atoms with Gasteiger partial charge in [-0.25, -0.2) is 0 Å². The lowest BCUT2D eigenvalue weighted by molar-refractivity contribution is -0.119. The van der Waals surface area contributed by atoms with Crippen molar-refractivity contribution >= 4 is 22.7 Å². The topological polar surface area (TPSA) is 86.4 Å². The molecule has 6 heteroatoms. The highest BCUT2D eigenvalue weighted by Crippen LogP contribution is 2.29. The number of nitrogens with zero attached hydrogens (tertiary/aromatic N) is 1. The molecule has 2 amide bonds. The Morgan fingerprint density at radius 1 is 1.39 bits per heavy atom. The molecule has 0 aliphatic heterocycles. The molecule has 1 aromatic heterocycles. The summed E-state index contributed by atoms with van der Waals surface area (Å²) >= 11 is 0. The standard InChI is InChI=1S/C17H23N3O3/c1-5-8-20-11(3)15(17(22)19-10(2)16(18)21)13-9-12(23-4)6-7-14(13)20/h6-7,9-10H,5,8H2,1-4H3,(H2,18,21)(H,19,22)/t10-/m0/s1. The van der Waals surface area contributed by atoms with Gasteiger partial charge in [-0.15, -0.1) is 0 Å². The van der Waals surface area contributed by atoms with Crippen LogP contribution in [0.2, 0.25) is 0 Å². The second kappa shape index (κ2) is 6.73. The number of fused-ring (bicyclic) bond motifs is 1. The zero-order valence-corrected chi connectivity index (χ0v) is 14.0. The van der Waals surface area contributed by atoms with Crippen LogP contribution in [0, 0.1) is 6.92 Å². The van der Waals surface area contributed by atoms with Gasteiger partial charge in [0.05, 0.1) is 12.7 Å². The molecule has 23 heavy (non-hydrogen) atoms. The largest absolute Gasteiger partial charge is 0.497 e. The maximum atomic E-state index is 12.6. The van der Waals surface area contributed by atoms with Crippen LogP contribution in [0.25, 0.3) is 10.9 Å². The van der Waals surface area contributed by atoms with E-state index in [1.54, 1.807) is 14.0 Å². The number of hydrogen-bond acceptors (Lipinski definition) is 3. The van der Waals surface area contributed by atoms with E-state index in [1.807, 2.05) is 25.1 Å². The van der Waals surface area contributed by atoms with Gasteiger partial charge >= 0.3 is 0 Å². The van der Waals surface area contributed by atoms with E-state index in [2.05, 4.69) is 16.8 Å². The number of carbonyl (C=O) groups excluding carboxylic acids is 2. The Morgan fingerprint density at radius 3 is 2.65 bits per heavy atom. The predicted molar refractivity (Wildman–Crippen MR) is 89.6 cm³/mol. The van der Waals surface area contributed by atoms with E-state index in [-0.39, 0.29) is 5.91 Å². The predicted octanol–water partition coefficient (Wildman–Crippen LogP) is 1.97. The van der Waals surface area contributed by atoms with Gasteiger partial charge in [0, 0.05) is 23.1 Å². The van der Waals surface area contributed by atoms with Gasteiger partial charge in [-0.1, -0.05) is 6.92 Å². The number of methoxy groups -OCH3 is 1. The minimum Gasteiger partial charge on any atom is -0.497 e. The molecule has 6 nitrogen and oxygen atoms in total. The van der Waals surface area contributed by atoms with Crippen molar-refractivity contribution in [3.8, 4) is 5.75 Å². The van der Waals surface area contributed by atoms with E-state index < -0.39 is 11.9 Å². The molecule has 0 fully saturated rings. The summed E-state index contributed by atoms with van der Waals surface area (Å²) in [6, 6.07) is 4.95. The summed E-state index contributed by atoms with van der Waals surface area (Å²) < 4.78 is 7.38. The molecule has 3 N–H and O–H groups in total. The fraction of sp³-hybridized carbons (Fsp3) is 0.412. The summed E-state index contributed by atoms with van der Waals surface area (Å²) in [5.74, 6) is -0.184. The zero-order chi connectivity index (χ0) is 17.1. The fourth-order valence-electron chi connectivity index (χ4n) is 2.73. The van der Waals surface area contributed by atoms with Crippen LogP contribution in [0.15, 0.2) is 18.2 Å². The van der Waals surface area contributed by atoms with Crippen molar-refractivity contribution in [1.29, 1.82) is 0 Å². The average molecular weight is 317 g/mol. The number of nitrogens with two attached hydrogens (primary N) is 1. The van der Waals surface area contributed by atoms with Crippen molar-refractivity contribution in [2.45, 2.75) is 39.8 Å². The summed E-state index contributed by atoms with van der Waals surface area (Å²) in [5.41, 5.74) is 7.63. The normalized spacial score (nSPS) is 12.2. The Bertz CT molecular complexity index is 749. The number of primary amides is 1. The molecule has 1 atom stereocenters. The minimum absolute atomic E-state index is 0.304. The quantitative estimate of drug-likeness (QED) is 0.854. The number of benzene rings is 1. The second-order valence-electron chi connectivity index (χ2n) is 5.59. The number of amides is 2. The van der Waals surface area contributed by atoms with E-state index in [0.29, 0.717) is 11.3 Å². The van der Waals surface area contributed by atoms with E-state index >= 15 is 0 Å². The van der Waals surface area contributed by atoms with Crippen LogP contribution in [0.1, 0.15) is 36.3 Å². The van der Waals surface area contributed by atoms with Gasteiger partial charge in [-0.3, -0.25) is 9.59 Å². The molecule has 0 aliphatic rings. The first-order valence-electron chi connectivity index (χ1n) is 7.67. The van der Waals surface area contributed by atoms with E-state index in [1.165, 1.54) is 0 Å². The van der Waals surface area contributed by atoms with Crippen molar-refractivity contribution in [2.75, 3.05) is 7.11 Å². The van der Waals surface area contributed by atoms with E-state index in [4.69, 9.17) is 10.5 Å². The van der Waals surface area contributed by atoms with Crippen LogP contribution in [0.3, 0.4) is 0 Å². The highest BCUT2D eigenvalue weighted by Gasteiger charge is 2.22. The number of aryl methyl sites for hydroxylation is 1. The number of nitrogens with one attached hydrogen (secondary N) is 1. The Hall–Kier alpha value is -2.50. The Labute approximate surface area is 135 Å². The van der Waals surface area contributed by atoms with Crippen LogP contribution >= 0.6 is 0 Å². The van der Waals surface area contributed by atoms with Crippen LogP contribution < -0.4 is 15.8 Å². The molecule has 0 spiro atoms. The molecule has 0 saturated heterocycles. The average Bonchev–Trinajstić information content (AvgIpc) is 2.79. The van der Waals surface area contributed by atoms with Crippen LogP contribution in [0.4, 0.5) is 0 Å². The van der Waals surface area contributed by atoms with E-state index in [9.17, 15) is 9.59 Å². The number of rotatable bonds is 6. The van der Waals surface area contributed by atoms with Crippen molar-refractivity contribution < 1.29 is 14.3 Å². The van der Waals surface area contributed by atoms with Gasteiger partial charge in [0.1, 0.15) is 11.8 Å². The molecular weight excluding hydrogens is 294 g/mol. The molecule has 1 heterocycles. The summed E-state index contributed by atoms with van der Waals surface area (Å²) in [6.45, 7) is 6.38. The molecule has 0 saturated carbocycles. The molecule has 0 radical (unpaired) electrons. The maximum Gasteiger partial charge on any atom is 0.254 e. The molecule has 0 aliphatic carbocycles. The highest BCUT2D eigenvalue weighted by atomic mass is 16.5. The SMILES string of the molecule is CCCn1c(C)c(C(=O)N[C@@H](C)C(N)=O)c2cc(OC)ccc21. The van der Waals surface area contributed by atoms with Gasteiger partial charge in [0.25, 0.3) is 5.91 Å². The Balaban J connectivity index is 2.58. The van der Waals surface area contributed by atoms with Crippen LogP contribution in [-0.4, -0.2) is 29.5 Å². The summed E-state index contributed by atoms with van der Waals surface area (Å²) in [6.07, 6.45) is 0.954. The second-order valence-corrected chi connectivity index (χ2v) is 5.59. The number of aromatic nitrogens is 1. The number of ether oxygens (including phenoxy) is 1. The fourth-order valence-corrected chi connectivity index (χ4v) is 2.73.